The molecule has 0 aliphatic heterocycles. The number of amides is 1. The van der Waals surface area contributed by atoms with Crippen molar-refractivity contribution < 1.29 is 23.9 Å². The van der Waals surface area contributed by atoms with E-state index in [9.17, 15) is 14.4 Å². The Balaban J connectivity index is 3.02. The van der Waals surface area contributed by atoms with Gasteiger partial charge in [-0.05, 0) is 18.2 Å². The van der Waals surface area contributed by atoms with E-state index in [0.29, 0.717) is 5.69 Å². The van der Waals surface area contributed by atoms with Crippen molar-refractivity contribution in [2.24, 2.45) is 0 Å². The molecule has 0 unspecified atom stereocenters. The highest BCUT2D eigenvalue weighted by Gasteiger charge is 2.24. The summed E-state index contributed by atoms with van der Waals surface area (Å²) < 4.78 is 8.99. The third-order valence-electron chi connectivity index (χ3n) is 2.61. The maximum absolute atomic E-state index is 12.4. The average Bonchev–Trinajstić information content (AvgIpc) is 2.45. The Bertz CT molecular complexity index is 543. The predicted octanol–water partition coefficient (Wildman–Crippen LogP) is 0.710. The number of anilines is 1. The van der Waals surface area contributed by atoms with E-state index >= 15 is 0 Å². The van der Waals surface area contributed by atoms with Gasteiger partial charge in [-0.15, -0.1) is 0 Å². The van der Waals surface area contributed by atoms with Gasteiger partial charge in [-0.1, -0.05) is 11.6 Å². The lowest BCUT2D eigenvalue weighted by Gasteiger charge is -2.20. The second-order valence-corrected chi connectivity index (χ2v) is 4.46. The molecular weight excluding hydrogens is 300 g/mol. The molecule has 0 atom stereocenters. The van der Waals surface area contributed by atoms with Crippen molar-refractivity contribution in [2.45, 2.75) is 0 Å². The van der Waals surface area contributed by atoms with Crippen LogP contribution in [0, 0.1) is 0 Å². The van der Waals surface area contributed by atoms with Gasteiger partial charge in [0.1, 0.15) is 13.1 Å². The van der Waals surface area contributed by atoms with Crippen molar-refractivity contribution in [3.8, 4) is 0 Å². The number of methoxy groups -OCH3 is 2. The van der Waals surface area contributed by atoms with Crippen LogP contribution in [0.1, 0.15) is 10.4 Å². The second-order valence-electron chi connectivity index (χ2n) is 4.05. The maximum Gasteiger partial charge on any atom is 0.325 e. The lowest BCUT2D eigenvalue weighted by Crippen LogP contribution is -2.40. The highest BCUT2D eigenvalue weighted by atomic mass is 35.5. The summed E-state index contributed by atoms with van der Waals surface area (Å²) in [5, 5.41) is 0.125. The molecule has 0 aliphatic carbocycles. The molecule has 7 nitrogen and oxygen atoms in total. The smallest absolute Gasteiger partial charge is 0.325 e. The highest BCUT2D eigenvalue weighted by molar-refractivity contribution is 6.34. The van der Waals surface area contributed by atoms with E-state index in [1.165, 1.54) is 32.4 Å². The number of ether oxygens (including phenoxy) is 2. The third-order valence-corrected chi connectivity index (χ3v) is 2.92. The molecule has 2 N–H and O–H groups in total. The first kappa shape index (κ1) is 16.8. The van der Waals surface area contributed by atoms with Crippen molar-refractivity contribution in [3.63, 3.8) is 0 Å². The van der Waals surface area contributed by atoms with Gasteiger partial charge in [0.05, 0.1) is 24.8 Å². The first-order chi connectivity index (χ1) is 9.88. The summed E-state index contributed by atoms with van der Waals surface area (Å²) in [6.07, 6.45) is 0. The summed E-state index contributed by atoms with van der Waals surface area (Å²) in [5.41, 5.74) is 6.07. The van der Waals surface area contributed by atoms with Crippen molar-refractivity contribution in [2.75, 3.05) is 33.0 Å². The standard InChI is InChI=1S/C13H15ClN2O5/c1-20-11(17)6-16(7-12(18)21-2)13(19)9-4-3-8(15)5-10(9)14/h3-5H,6-7,15H2,1-2H3. The predicted molar refractivity (Wildman–Crippen MR) is 75.8 cm³/mol. The van der Waals surface area contributed by atoms with Gasteiger partial charge in [0.25, 0.3) is 5.91 Å². The van der Waals surface area contributed by atoms with Crippen LogP contribution in [0.3, 0.4) is 0 Å². The minimum Gasteiger partial charge on any atom is -0.468 e. The van der Waals surface area contributed by atoms with Gasteiger partial charge in [-0.3, -0.25) is 14.4 Å². The molecule has 0 aromatic heterocycles. The summed E-state index contributed by atoms with van der Waals surface area (Å²) >= 11 is 5.95. The van der Waals surface area contributed by atoms with Crippen LogP contribution in [-0.4, -0.2) is 50.1 Å². The third kappa shape index (κ3) is 4.64. The van der Waals surface area contributed by atoms with Gasteiger partial charge < -0.3 is 20.1 Å². The Morgan fingerprint density at radius 2 is 1.67 bits per heavy atom. The van der Waals surface area contributed by atoms with Crippen LogP contribution in [0.5, 0.6) is 0 Å². The number of carbonyl (C=O) groups is 3. The van der Waals surface area contributed by atoms with Crippen LogP contribution < -0.4 is 5.73 Å². The number of hydrogen-bond acceptors (Lipinski definition) is 6. The zero-order chi connectivity index (χ0) is 16.0. The van der Waals surface area contributed by atoms with Crippen molar-refractivity contribution in [3.05, 3.63) is 28.8 Å². The van der Waals surface area contributed by atoms with Crippen LogP contribution in [0.25, 0.3) is 0 Å². The van der Waals surface area contributed by atoms with Gasteiger partial charge in [-0.2, -0.15) is 0 Å². The molecule has 0 heterocycles. The Morgan fingerprint density at radius 1 is 1.14 bits per heavy atom. The van der Waals surface area contributed by atoms with E-state index < -0.39 is 30.9 Å². The van der Waals surface area contributed by atoms with Crippen LogP contribution in [0.4, 0.5) is 5.69 Å². The van der Waals surface area contributed by atoms with Crippen LogP contribution in [0.2, 0.25) is 5.02 Å². The molecule has 0 saturated carbocycles. The molecule has 1 aromatic carbocycles. The number of hydrogen-bond donors (Lipinski definition) is 1. The molecule has 0 bridgehead atoms. The maximum atomic E-state index is 12.4. The number of nitrogens with zero attached hydrogens (tertiary/aromatic N) is 1. The molecular formula is C13H15ClN2O5. The largest absolute Gasteiger partial charge is 0.468 e. The second kappa shape index (κ2) is 7.49. The molecule has 8 heteroatoms. The summed E-state index contributed by atoms with van der Waals surface area (Å²) in [6, 6.07) is 4.32. The van der Waals surface area contributed by atoms with Crippen LogP contribution >= 0.6 is 11.6 Å². The quantitative estimate of drug-likeness (QED) is 0.635. The molecule has 1 amide bonds. The number of benzene rings is 1. The van der Waals surface area contributed by atoms with Gasteiger partial charge in [0, 0.05) is 5.69 Å². The molecule has 1 rings (SSSR count). The minimum atomic E-state index is -0.668. The zero-order valence-corrected chi connectivity index (χ0v) is 12.3. The van der Waals surface area contributed by atoms with Gasteiger partial charge in [-0.25, -0.2) is 0 Å². The highest BCUT2D eigenvalue weighted by Crippen LogP contribution is 2.20. The summed E-state index contributed by atoms with van der Waals surface area (Å²) in [7, 11) is 2.36. The molecule has 0 aliphatic rings. The van der Waals surface area contributed by atoms with E-state index in [-0.39, 0.29) is 10.6 Å². The molecule has 0 radical (unpaired) electrons. The first-order valence-electron chi connectivity index (χ1n) is 5.87. The summed E-state index contributed by atoms with van der Waals surface area (Å²) in [4.78, 5) is 36.0. The fourth-order valence-electron chi connectivity index (χ4n) is 1.52. The Hall–Kier alpha value is -2.28. The lowest BCUT2D eigenvalue weighted by atomic mass is 10.1. The van der Waals surface area contributed by atoms with Crippen molar-refractivity contribution >= 4 is 35.1 Å². The van der Waals surface area contributed by atoms with E-state index in [1.54, 1.807) is 0 Å². The van der Waals surface area contributed by atoms with E-state index in [2.05, 4.69) is 9.47 Å². The topological polar surface area (TPSA) is 98.9 Å². The minimum absolute atomic E-state index is 0.124. The summed E-state index contributed by atoms with van der Waals surface area (Å²) in [5.74, 6) is -1.94. The number of nitrogens with two attached hydrogens (primary N) is 1. The molecule has 21 heavy (non-hydrogen) atoms. The van der Waals surface area contributed by atoms with Crippen molar-refractivity contribution in [1.82, 2.24) is 4.90 Å². The summed E-state index contributed by atoms with van der Waals surface area (Å²) in [6.45, 7) is -0.795. The number of carbonyl (C=O) groups excluding carboxylic acids is 3. The number of nitrogen functional groups attached to an aromatic ring is 1. The van der Waals surface area contributed by atoms with Gasteiger partial charge >= 0.3 is 11.9 Å². The first-order valence-corrected chi connectivity index (χ1v) is 6.24. The molecule has 0 fully saturated rings. The average molecular weight is 315 g/mol. The van der Waals surface area contributed by atoms with Crippen molar-refractivity contribution in [1.29, 1.82) is 0 Å². The normalized spacial score (nSPS) is 9.86. The van der Waals surface area contributed by atoms with Gasteiger partial charge in [0.2, 0.25) is 0 Å². The lowest BCUT2D eigenvalue weighted by molar-refractivity contribution is -0.144. The monoisotopic (exact) mass is 314 g/mol. The Morgan fingerprint density at radius 3 is 2.10 bits per heavy atom. The molecule has 0 saturated heterocycles. The SMILES string of the molecule is COC(=O)CN(CC(=O)OC)C(=O)c1ccc(N)cc1Cl. The molecule has 1 aromatic rings. The van der Waals surface area contributed by atoms with Gasteiger partial charge in [0.15, 0.2) is 0 Å². The van der Waals surface area contributed by atoms with E-state index in [1.807, 2.05) is 0 Å². The Labute approximate surface area is 126 Å². The number of rotatable bonds is 5. The number of halogens is 1. The van der Waals surface area contributed by atoms with E-state index in [0.717, 1.165) is 4.90 Å². The van der Waals surface area contributed by atoms with E-state index in [4.69, 9.17) is 17.3 Å². The fraction of sp³-hybridized carbons (Fsp3) is 0.308. The Kier molecular flexibility index (Phi) is 5.98. The number of esters is 2. The fourth-order valence-corrected chi connectivity index (χ4v) is 1.79. The van der Waals surface area contributed by atoms with Crippen LogP contribution in [-0.2, 0) is 19.1 Å². The molecule has 0 spiro atoms. The molecule has 114 valence electrons. The zero-order valence-electron chi connectivity index (χ0n) is 11.6. The van der Waals surface area contributed by atoms with Crippen LogP contribution in [0.15, 0.2) is 18.2 Å².